The van der Waals surface area contributed by atoms with Crippen LogP contribution in [0.4, 0.5) is 0 Å². The minimum absolute atomic E-state index is 0.0497. The summed E-state index contributed by atoms with van der Waals surface area (Å²) in [7, 11) is 0. The molecule has 2 aliphatic rings. The fourth-order valence-corrected chi connectivity index (χ4v) is 5.83. The number of aromatic carboxylic acids is 1. The molecule has 0 radical (unpaired) electrons. The van der Waals surface area contributed by atoms with E-state index in [1.165, 1.54) is 0 Å². The highest BCUT2D eigenvalue weighted by molar-refractivity contribution is 7.80. The maximum atomic E-state index is 11.7. The average Bonchev–Trinajstić information content (AvgIpc) is 3.38. The number of carboxylic acids is 1. The Labute approximate surface area is 222 Å². The molecule has 4 heterocycles. The summed E-state index contributed by atoms with van der Waals surface area (Å²) in [5, 5.41) is 13.9. The number of hydrogen-bond acceptors (Lipinski definition) is 5. The van der Waals surface area contributed by atoms with Crippen molar-refractivity contribution in [3.05, 3.63) is 82.4 Å². The molecule has 2 N–H and O–H groups in total. The van der Waals surface area contributed by atoms with E-state index in [0.717, 1.165) is 78.4 Å². The molecule has 2 aliphatic heterocycles. The van der Waals surface area contributed by atoms with Crippen LogP contribution in [0.2, 0.25) is 0 Å². The standard InChI is InChI=1S/C28H33N5O3S/c1-18-7-8-21(27(34)35)17-24(18)33-19(2)16-22(20(33)3)26-25(23-6-4-5-9-29-23)30-28(37)32(26)11-10-31-12-14-36-15-13-31/h4-9,16-17,25-26H,10-15H2,1-3H3,(H,30,37)(H,34,35). The second kappa shape index (κ2) is 10.6. The molecule has 2 atom stereocenters. The summed E-state index contributed by atoms with van der Waals surface area (Å²) in [5.41, 5.74) is 6.38. The number of pyridine rings is 1. The van der Waals surface area contributed by atoms with E-state index >= 15 is 0 Å². The van der Waals surface area contributed by atoms with Crippen molar-refractivity contribution in [2.75, 3.05) is 39.4 Å². The van der Waals surface area contributed by atoms with Crippen molar-refractivity contribution >= 4 is 23.3 Å². The number of ether oxygens (including phenoxy) is 1. The fourth-order valence-electron chi connectivity index (χ4n) is 5.50. The molecule has 5 rings (SSSR count). The van der Waals surface area contributed by atoms with Crippen LogP contribution >= 0.6 is 12.2 Å². The lowest BCUT2D eigenvalue weighted by molar-refractivity contribution is 0.0350. The summed E-state index contributed by atoms with van der Waals surface area (Å²) < 4.78 is 7.68. The molecule has 2 fully saturated rings. The smallest absolute Gasteiger partial charge is 0.335 e. The molecule has 194 valence electrons. The lowest BCUT2D eigenvalue weighted by Crippen LogP contribution is -2.42. The van der Waals surface area contributed by atoms with Gasteiger partial charge in [-0.15, -0.1) is 0 Å². The molecule has 0 saturated carbocycles. The molecule has 0 aliphatic carbocycles. The van der Waals surface area contributed by atoms with Crippen molar-refractivity contribution in [3.8, 4) is 5.69 Å². The topological polar surface area (TPSA) is 82.9 Å². The number of nitrogens with one attached hydrogen (secondary N) is 1. The van der Waals surface area contributed by atoms with Crippen molar-refractivity contribution in [2.45, 2.75) is 32.9 Å². The number of nitrogens with zero attached hydrogens (tertiary/aromatic N) is 4. The van der Waals surface area contributed by atoms with Crippen molar-refractivity contribution in [2.24, 2.45) is 0 Å². The fraction of sp³-hybridized carbons (Fsp3) is 0.393. The van der Waals surface area contributed by atoms with Crippen LogP contribution in [0.25, 0.3) is 5.69 Å². The van der Waals surface area contributed by atoms with Gasteiger partial charge in [-0.1, -0.05) is 12.1 Å². The summed E-state index contributed by atoms with van der Waals surface area (Å²) in [5.74, 6) is -0.932. The van der Waals surface area contributed by atoms with Gasteiger partial charge in [0.2, 0.25) is 0 Å². The van der Waals surface area contributed by atoms with Crippen LogP contribution in [-0.4, -0.2) is 74.9 Å². The van der Waals surface area contributed by atoms with Crippen molar-refractivity contribution < 1.29 is 14.6 Å². The first-order valence-electron chi connectivity index (χ1n) is 12.7. The Morgan fingerprint density at radius 3 is 2.62 bits per heavy atom. The van der Waals surface area contributed by atoms with E-state index in [2.05, 4.69) is 44.6 Å². The van der Waals surface area contributed by atoms with Gasteiger partial charge < -0.3 is 24.6 Å². The minimum atomic E-state index is -0.932. The third-order valence-electron chi connectivity index (χ3n) is 7.44. The highest BCUT2D eigenvalue weighted by Crippen LogP contribution is 2.41. The Bertz CT molecular complexity index is 1300. The number of carboxylic acid groups (broad SMARTS) is 1. The number of rotatable bonds is 7. The zero-order chi connectivity index (χ0) is 26.1. The van der Waals surface area contributed by atoms with Gasteiger partial charge in [0.15, 0.2) is 5.11 Å². The third kappa shape index (κ3) is 4.99. The SMILES string of the molecule is Cc1ccc(C(=O)O)cc1-n1c(C)cc(C2C(c3ccccn3)NC(=S)N2CCN2CCOCC2)c1C. The van der Waals surface area contributed by atoms with Crippen LogP contribution in [0, 0.1) is 20.8 Å². The summed E-state index contributed by atoms with van der Waals surface area (Å²) in [6.45, 7) is 11.2. The Hall–Kier alpha value is -3.27. The van der Waals surface area contributed by atoms with Gasteiger partial charge in [-0.25, -0.2) is 4.79 Å². The first-order chi connectivity index (χ1) is 17.8. The molecule has 2 aromatic heterocycles. The summed E-state index contributed by atoms with van der Waals surface area (Å²) >= 11 is 5.88. The molecule has 9 heteroatoms. The first kappa shape index (κ1) is 25.4. The quantitative estimate of drug-likeness (QED) is 0.456. The number of carbonyl (C=O) groups is 1. The van der Waals surface area contributed by atoms with Gasteiger partial charge in [-0.2, -0.15) is 0 Å². The Kier molecular flexibility index (Phi) is 7.28. The molecule has 1 aromatic carbocycles. The zero-order valence-electron chi connectivity index (χ0n) is 21.5. The predicted octanol–water partition coefficient (Wildman–Crippen LogP) is 3.80. The normalized spacial score (nSPS) is 20.3. The van der Waals surface area contributed by atoms with Gasteiger partial charge in [0, 0.05) is 49.5 Å². The molecule has 2 saturated heterocycles. The highest BCUT2D eigenvalue weighted by Gasteiger charge is 2.41. The number of morpholine rings is 1. The molecule has 0 amide bonds. The number of benzene rings is 1. The number of thiocarbonyl (C=S) groups is 1. The van der Waals surface area contributed by atoms with E-state index in [9.17, 15) is 9.90 Å². The van der Waals surface area contributed by atoms with Gasteiger partial charge >= 0.3 is 5.97 Å². The maximum Gasteiger partial charge on any atom is 0.335 e. The Balaban J connectivity index is 1.56. The van der Waals surface area contributed by atoms with Crippen LogP contribution < -0.4 is 5.32 Å². The van der Waals surface area contributed by atoms with Gasteiger partial charge in [0.1, 0.15) is 0 Å². The van der Waals surface area contributed by atoms with E-state index in [-0.39, 0.29) is 17.6 Å². The molecule has 0 spiro atoms. The van der Waals surface area contributed by atoms with Crippen molar-refractivity contribution in [1.82, 2.24) is 24.7 Å². The second-order valence-corrected chi connectivity index (χ2v) is 10.1. The third-order valence-corrected chi connectivity index (χ3v) is 7.80. The van der Waals surface area contributed by atoms with E-state index in [0.29, 0.717) is 0 Å². The van der Waals surface area contributed by atoms with E-state index in [1.807, 2.05) is 37.4 Å². The van der Waals surface area contributed by atoms with E-state index < -0.39 is 5.97 Å². The predicted molar refractivity (Wildman–Crippen MR) is 146 cm³/mol. The van der Waals surface area contributed by atoms with Crippen molar-refractivity contribution in [1.29, 1.82) is 0 Å². The number of aromatic nitrogens is 2. The lowest BCUT2D eigenvalue weighted by Gasteiger charge is -2.32. The largest absolute Gasteiger partial charge is 0.478 e. The maximum absolute atomic E-state index is 11.7. The van der Waals surface area contributed by atoms with Gasteiger partial charge in [-0.3, -0.25) is 9.88 Å². The van der Waals surface area contributed by atoms with Crippen molar-refractivity contribution in [3.63, 3.8) is 0 Å². The molecular formula is C28H33N5O3S. The molecule has 3 aromatic rings. The Morgan fingerprint density at radius 1 is 1.14 bits per heavy atom. The van der Waals surface area contributed by atoms with Gasteiger partial charge in [0.25, 0.3) is 0 Å². The van der Waals surface area contributed by atoms with Crippen LogP contribution in [0.3, 0.4) is 0 Å². The van der Waals surface area contributed by atoms with Crippen LogP contribution in [0.15, 0.2) is 48.7 Å². The first-order valence-corrected chi connectivity index (χ1v) is 13.1. The molecule has 8 nitrogen and oxygen atoms in total. The molecule has 2 unspecified atom stereocenters. The van der Waals surface area contributed by atoms with Gasteiger partial charge in [0.05, 0.1) is 36.6 Å². The summed E-state index contributed by atoms with van der Waals surface area (Å²) in [4.78, 5) is 21.1. The zero-order valence-corrected chi connectivity index (χ0v) is 22.3. The minimum Gasteiger partial charge on any atom is -0.478 e. The van der Waals surface area contributed by atoms with Crippen LogP contribution in [-0.2, 0) is 4.74 Å². The molecule has 0 bridgehead atoms. The average molecular weight is 520 g/mol. The summed E-state index contributed by atoms with van der Waals surface area (Å²) in [6.07, 6.45) is 1.82. The second-order valence-electron chi connectivity index (χ2n) is 9.74. The summed E-state index contributed by atoms with van der Waals surface area (Å²) in [6, 6.07) is 13.3. The van der Waals surface area contributed by atoms with Crippen LogP contribution in [0.1, 0.15) is 50.7 Å². The molecular weight excluding hydrogens is 486 g/mol. The monoisotopic (exact) mass is 519 g/mol. The molecule has 37 heavy (non-hydrogen) atoms. The highest BCUT2D eigenvalue weighted by atomic mass is 32.1. The Morgan fingerprint density at radius 2 is 1.92 bits per heavy atom. The lowest BCUT2D eigenvalue weighted by atomic mass is 9.96. The van der Waals surface area contributed by atoms with Gasteiger partial charge in [-0.05, 0) is 74.4 Å². The van der Waals surface area contributed by atoms with E-state index in [1.54, 1.807) is 12.1 Å². The van der Waals surface area contributed by atoms with E-state index in [4.69, 9.17) is 17.0 Å². The number of hydrogen-bond donors (Lipinski definition) is 2. The van der Waals surface area contributed by atoms with Crippen LogP contribution in [0.5, 0.6) is 0 Å². The number of aryl methyl sites for hydroxylation is 2.